The van der Waals surface area contributed by atoms with Crippen molar-refractivity contribution in [1.29, 1.82) is 0 Å². The molecule has 3 N–H and O–H groups in total. The van der Waals surface area contributed by atoms with Gasteiger partial charge in [0, 0.05) is 12.6 Å². The minimum absolute atomic E-state index is 0.119. The molecule has 3 atom stereocenters. The van der Waals surface area contributed by atoms with E-state index in [4.69, 9.17) is 15.2 Å². The Balaban J connectivity index is 1.72. The normalized spacial score (nSPS) is 23.2. The average Bonchev–Trinajstić information content (AvgIpc) is 2.50. The van der Waals surface area contributed by atoms with Crippen molar-refractivity contribution in [2.45, 2.75) is 44.4 Å². The van der Waals surface area contributed by atoms with Gasteiger partial charge < -0.3 is 25.2 Å². The van der Waals surface area contributed by atoms with Crippen LogP contribution in [-0.4, -0.2) is 48.4 Å². The average molecular weight is 324 g/mol. The van der Waals surface area contributed by atoms with E-state index in [9.17, 15) is 9.50 Å². The molecular formula is C17H25FN2O3. The van der Waals surface area contributed by atoms with Crippen LogP contribution in [0.5, 0.6) is 11.5 Å². The minimum atomic E-state index is -0.924. The van der Waals surface area contributed by atoms with Crippen molar-refractivity contribution in [3.8, 4) is 11.5 Å². The first-order valence-electron chi connectivity index (χ1n) is 8.37. The monoisotopic (exact) mass is 324 g/mol. The molecule has 2 aliphatic heterocycles. The summed E-state index contributed by atoms with van der Waals surface area (Å²) in [5.41, 5.74) is 6.50. The third kappa shape index (κ3) is 3.59. The maximum Gasteiger partial charge on any atom is 0.197 e. The Bertz CT molecular complexity index is 551. The highest BCUT2D eigenvalue weighted by Crippen LogP contribution is 2.38. The van der Waals surface area contributed by atoms with Crippen LogP contribution in [0.2, 0.25) is 0 Å². The predicted octanol–water partition coefficient (Wildman–Crippen LogP) is 1.83. The summed E-state index contributed by atoms with van der Waals surface area (Å²) in [6.07, 6.45) is 1.90. The number of benzene rings is 1. The summed E-state index contributed by atoms with van der Waals surface area (Å²) in [5.74, 6) is -0.0157. The molecule has 1 aromatic carbocycles. The molecule has 0 aromatic heterocycles. The molecule has 0 spiro atoms. The van der Waals surface area contributed by atoms with Crippen molar-refractivity contribution < 1.29 is 19.0 Å². The topological polar surface area (TPSA) is 68.0 Å². The van der Waals surface area contributed by atoms with E-state index in [1.165, 1.54) is 12.5 Å². The number of hydrogen-bond donors (Lipinski definition) is 2. The summed E-state index contributed by atoms with van der Waals surface area (Å²) in [7, 11) is 0. The van der Waals surface area contributed by atoms with Gasteiger partial charge in [0.15, 0.2) is 17.3 Å². The second-order valence-corrected chi connectivity index (χ2v) is 6.43. The molecular weight excluding hydrogens is 299 g/mol. The van der Waals surface area contributed by atoms with Crippen molar-refractivity contribution >= 4 is 0 Å². The van der Waals surface area contributed by atoms with Gasteiger partial charge in [-0.1, -0.05) is 13.3 Å². The van der Waals surface area contributed by atoms with Crippen LogP contribution in [0.25, 0.3) is 0 Å². The number of hydrogen-bond acceptors (Lipinski definition) is 5. The standard InChI is InChI=1S/C17H25FN2O3/c1-2-4-12-10-22-15-8-11(7-13(18)17(15)23-12)16(21)14(19)9-20-5-3-6-20/h7-8,12,14,16,21H,2-6,9-10,19H2,1H3/t12?,14-,16-/m1/s1. The van der Waals surface area contributed by atoms with Crippen LogP contribution in [-0.2, 0) is 0 Å². The van der Waals surface area contributed by atoms with E-state index < -0.39 is 18.0 Å². The number of nitrogens with zero attached hydrogens (tertiary/aromatic N) is 1. The minimum Gasteiger partial charge on any atom is -0.486 e. The van der Waals surface area contributed by atoms with E-state index in [2.05, 4.69) is 4.90 Å². The van der Waals surface area contributed by atoms with E-state index in [1.54, 1.807) is 6.07 Å². The lowest BCUT2D eigenvalue weighted by Gasteiger charge is -2.34. The molecule has 1 aromatic rings. The van der Waals surface area contributed by atoms with Gasteiger partial charge in [-0.25, -0.2) is 4.39 Å². The molecule has 1 fully saturated rings. The van der Waals surface area contributed by atoms with Crippen LogP contribution in [0.4, 0.5) is 4.39 Å². The molecule has 2 heterocycles. The van der Waals surface area contributed by atoms with Crippen molar-refractivity contribution in [3.63, 3.8) is 0 Å². The van der Waals surface area contributed by atoms with Gasteiger partial charge in [-0.2, -0.15) is 0 Å². The van der Waals surface area contributed by atoms with Crippen LogP contribution < -0.4 is 15.2 Å². The van der Waals surface area contributed by atoms with Crippen molar-refractivity contribution in [1.82, 2.24) is 4.90 Å². The van der Waals surface area contributed by atoms with Gasteiger partial charge >= 0.3 is 0 Å². The summed E-state index contributed by atoms with van der Waals surface area (Å²) < 4.78 is 25.6. The number of rotatable bonds is 6. The van der Waals surface area contributed by atoms with Gasteiger partial charge in [0.2, 0.25) is 0 Å². The SMILES string of the molecule is CCCC1COc2cc([C@@H](O)[C@H](N)CN3CCC3)cc(F)c2O1. The van der Waals surface area contributed by atoms with Crippen LogP contribution >= 0.6 is 0 Å². The van der Waals surface area contributed by atoms with Crippen molar-refractivity contribution in [2.24, 2.45) is 5.73 Å². The Morgan fingerprint density at radius 1 is 1.43 bits per heavy atom. The zero-order chi connectivity index (χ0) is 16.4. The number of aliphatic hydroxyl groups is 1. The Kier molecular flexibility index (Phi) is 5.04. The number of ether oxygens (including phenoxy) is 2. The zero-order valence-corrected chi connectivity index (χ0v) is 13.5. The maximum absolute atomic E-state index is 14.3. The molecule has 2 aliphatic rings. The maximum atomic E-state index is 14.3. The first-order valence-corrected chi connectivity index (χ1v) is 8.37. The van der Waals surface area contributed by atoms with E-state index in [-0.39, 0.29) is 11.9 Å². The molecule has 6 heteroatoms. The van der Waals surface area contributed by atoms with Gasteiger partial charge in [0.1, 0.15) is 12.7 Å². The largest absolute Gasteiger partial charge is 0.486 e. The van der Waals surface area contributed by atoms with E-state index in [0.29, 0.717) is 24.5 Å². The molecule has 1 saturated heterocycles. The fraction of sp³-hybridized carbons (Fsp3) is 0.647. The van der Waals surface area contributed by atoms with E-state index in [0.717, 1.165) is 25.9 Å². The zero-order valence-electron chi connectivity index (χ0n) is 13.5. The second-order valence-electron chi connectivity index (χ2n) is 6.43. The number of likely N-dealkylation sites (tertiary alicyclic amines) is 1. The summed E-state index contributed by atoms with van der Waals surface area (Å²) in [5, 5.41) is 10.4. The summed E-state index contributed by atoms with van der Waals surface area (Å²) in [4.78, 5) is 2.18. The molecule has 0 aliphatic carbocycles. The highest BCUT2D eigenvalue weighted by atomic mass is 19.1. The fourth-order valence-corrected chi connectivity index (χ4v) is 3.04. The van der Waals surface area contributed by atoms with E-state index >= 15 is 0 Å². The van der Waals surface area contributed by atoms with Crippen LogP contribution in [0.15, 0.2) is 12.1 Å². The molecule has 0 amide bonds. The predicted molar refractivity (Wildman–Crippen MR) is 85.2 cm³/mol. The molecule has 5 nitrogen and oxygen atoms in total. The Labute approximate surface area is 136 Å². The first-order chi connectivity index (χ1) is 11.1. The third-order valence-electron chi connectivity index (χ3n) is 4.52. The Morgan fingerprint density at radius 3 is 2.87 bits per heavy atom. The highest BCUT2D eigenvalue weighted by Gasteiger charge is 2.28. The lowest BCUT2D eigenvalue weighted by atomic mass is 10.00. The molecule has 128 valence electrons. The van der Waals surface area contributed by atoms with E-state index in [1.807, 2.05) is 6.92 Å². The number of fused-ring (bicyclic) bond motifs is 1. The lowest BCUT2D eigenvalue weighted by Crippen LogP contribution is -2.47. The summed E-state index contributed by atoms with van der Waals surface area (Å²) >= 11 is 0. The van der Waals surface area contributed by atoms with Gasteiger partial charge in [-0.05, 0) is 43.6 Å². The van der Waals surface area contributed by atoms with Crippen LogP contribution in [0, 0.1) is 5.82 Å². The molecule has 0 saturated carbocycles. The van der Waals surface area contributed by atoms with Crippen LogP contribution in [0.1, 0.15) is 37.9 Å². The van der Waals surface area contributed by atoms with Gasteiger partial charge in [0.25, 0.3) is 0 Å². The molecule has 1 unspecified atom stereocenters. The number of nitrogens with two attached hydrogens (primary N) is 1. The quantitative estimate of drug-likeness (QED) is 0.836. The number of halogens is 1. The highest BCUT2D eigenvalue weighted by molar-refractivity contribution is 5.46. The van der Waals surface area contributed by atoms with Crippen molar-refractivity contribution in [2.75, 3.05) is 26.2 Å². The summed E-state index contributed by atoms with van der Waals surface area (Å²) in [6, 6.07) is 2.49. The fourth-order valence-electron chi connectivity index (χ4n) is 3.04. The first kappa shape index (κ1) is 16.5. The molecule has 0 radical (unpaired) electrons. The Morgan fingerprint density at radius 2 is 2.22 bits per heavy atom. The summed E-state index contributed by atoms with van der Waals surface area (Å²) in [6.45, 7) is 5.08. The van der Waals surface area contributed by atoms with Gasteiger partial charge in [0.05, 0.1) is 6.10 Å². The smallest absolute Gasteiger partial charge is 0.197 e. The molecule has 3 rings (SSSR count). The van der Waals surface area contributed by atoms with Gasteiger partial charge in [-0.15, -0.1) is 0 Å². The molecule has 23 heavy (non-hydrogen) atoms. The van der Waals surface area contributed by atoms with Gasteiger partial charge in [-0.3, -0.25) is 0 Å². The lowest BCUT2D eigenvalue weighted by molar-refractivity contribution is 0.0763. The van der Waals surface area contributed by atoms with Crippen LogP contribution in [0.3, 0.4) is 0 Å². The third-order valence-corrected chi connectivity index (χ3v) is 4.52. The Hall–Kier alpha value is -1.37. The number of aliphatic hydroxyl groups excluding tert-OH is 1. The van der Waals surface area contributed by atoms with Crippen molar-refractivity contribution in [3.05, 3.63) is 23.5 Å². The molecule has 0 bridgehead atoms. The second kappa shape index (κ2) is 7.03.